The van der Waals surface area contributed by atoms with Crippen LogP contribution in [0.5, 0.6) is 0 Å². The van der Waals surface area contributed by atoms with Gasteiger partial charge in [-0.2, -0.15) is 10.5 Å². The number of allylic oxidation sites excluding steroid dienone is 2. The first kappa shape index (κ1) is 13.3. The number of rotatable bonds is 1. The Hall–Kier alpha value is -2.14. The van der Waals surface area contributed by atoms with Crippen molar-refractivity contribution >= 4 is 23.2 Å². The summed E-state index contributed by atoms with van der Waals surface area (Å²) in [4.78, 5) is 0. The predicted octanol–water partition coefficient (Wildman–Crippen LogP) is 3.21. The summed E-state index contributed by atoms with van der Waals surface area (Å²) in [5.74, 6) is -0.661. The molecule has 2 rings (SSSR count). The maximum Gasteiger partial charge on any atom is 0.204 e. The summed E-state index contributed by atoms with van der Waals surface area (Å²) >= 11 is 12.0. The number of halogens is 2. The Kier molecular flexibility index (Phi) is 3.66. The maximum absolute atomic E-state index is 9.18. The van der Waals surface area contributed by atoms with Crippen molar-refractivity contribution in [1.29, 1.82) is 10.5 Å². The van der Waals surface area contributed by atoms with E-state index in [4.69, 9.17) is 38.9 Å². The van der Waals surface area contributed by atoms with E-state index in [-0.39, 0.29) is 17.0 Å². The van der Waals surface area contributed by atoms with Crippen LogP contribution < -0.4 is 5.73 Å². The van der Waals surface area contributed by atoms with Gasteiger partial charge in [0.2, 0.25) is 5.88 Å². The third kappa shape index (κ3) is 2.37. The van der Waals surface area contributed by atoms with E-state index < -0.39 is 5.92 Å². The zero-order valence-electron chi connectivity index (χ0n) is 9.52. The fourth-order valence-electron chi connectivity index (χ4n) is 1.83. The first-order valence-electron chi connectivity index (χ1n) is 5.20. The third-order valence-electron chi connectivity index (χ3n) is 2.70. The second kappa shape index (κ2) is 5.24. The van der Waals surface area contributed by atoms with Crippen LogP contribution in [-0.4, -0.2) is 0 Å². The van der Waals surface area contributed by atoms with Crippen molar-refractivity contribution in [2.45, 2.75) is 5.92 Å². The molecule has 0 saturated carbocycles. The molecule has 0 aromatic heterocycles. The van der Waals surface area contributed by atoms with Gasteiger partial charge in [0.1, 0.15) is 17.9 Å². The standard InChI is InChI=1S/C13H7Cl2N3O/c14-8-1-2-9(11(15)3-8)12-7(4-16)6-19-13(18)10(12)5-17/h1-3,6,12H,18H2. The second-order valence-electron chi connectivity index (χ2n) is 3.79. The van der Waals surface area contributed by atoms with Crippen LogP contribution in [0.15, 0.2) is 41.5 Å². The normalized spacial score (nSPS) is 18.1. The minimum atomic E-state index is -0.631. The molecule has 0 fully saturated rings. The van der Waals surface area contributed by atoms with E-state index in [0.717, 1.165) is 0 Å². The number of nitrogens with two attached hydrogens (primary N) is 1. The highest BCUT2D eigenvalue weighted by Crippen LogP contribution is 2.39. The van der Waals surface area contributed by atoms with Gasteiger partial charge in [-0.25, -0.2) is 0 Å². The van der Waals surface area contributed by atoms with Crippen LogP contribution >= 0.6 is 23.2 Å². The van der Waals surface area contributed by atoms with Crippen molar-refractivity contribution < 1.29 is 4.74 Å². The lowest BCUT2D eigenvalue weighted by atomic mass is 9.85. The Morgan fingerprint density at radius 1 is 1.21 bits per heavy atom. The molecule has 1 aliphatic heterocycles. The zero-order valence-corrected chi connectivity index (χ0v) is 11.0. The highest BCUT2D eigenvalue weighted by molar-refractivity contribution is 6.35. The second-order valence-corrected chi connectivity index (χ2v) is 4.64. The van der Waals surface area contributed by atoms with E-state index in [1.807, 2.05) is 12.1 Å². The molecule has 1 heterocycles. The van der Waals surface area contributed by atoms with Gasteiger partial charge in [0.25, 0.3) is 0 Å². The number of hydrogen-bond donors (Lipinski definition) is 1. The Labute approximate surface area is 119 Å². The van der Waals surface area contributed by atoms with Gasteiger partial charge in [-0.05, 0) is 17.7 Å². The van der Waals surface area contributed by atoms with Crippen molar-refractivity contribution in [2.75, 3.05) is 0 Å². The molecule has 0 aliphatic carbocycles. The highest BCUT2D eigenvalue weighted by atomic mass is 35.5. The molecular formula is C13H7Cl2N3O. The molecular weight excluding hydrogens is 285 g/mol. The molecule has 0 radical (unpaired) electrons. The molecule has 1 unspecified atom stereocenters. The average molecular weight is 292 g/mol. The van der Waals surface area contributed by atoms with Crippen LogP contribution in [0.1, 0.15) is 11.5 Å². The third-order valence-corrected chi connectivity index (χ3v) is 3.26. The van der Waals surface area contributed by atoms with Crippen molar-refractivity contribution in [3.63, 3.8) is 0 Å². The number of benzene rings is 1. The molecule has 4 nitrogen and oxygen atoms in total. The summed E-state index contributed by atoms with van der Waals surface area (Å²) in [5, 5.41) is 19.1. The molecule has 1 atom stereocenters. The minimum absolute atomic E-state index is 0.0301. The van der Waals surface area contributed by atoms with Gasteiger partial charge in [-0.1, -0.05) is 29.3 Å². The van der Waals surface area contributed by atoms with Crippen LogP contribution in [0.2, 0.25) is 10.0 Å². The predicted molar refractivity (Wildman–Crippen MR) is 70.8 cm³/mol. The lowest BCUT2D eigenvalue weighted by molar-refractivity contribution is 0.326. The summed E-state index contributed by atoms with van der Waals surface area (Å²) in [7, 11) is 0. The number of hydrogen-bond acceptors (Lipinski definition) is 4. The Morgan fingerprint density at radius 2 is 1.95 bits per heavy atom. The highest BCUT2D eigenvalue weighted by Gasteiger charge is 2.30. The molecule has 1 aromatic rings. The largest absolute Gasteiger partial charge is 0.447 e. The lowest BCUT2D eigenvalue weighted by Crippen LogP contribution is -2.17. The van der Waals surface area contributed by atoms with Crippen molar-refractivity contribution in [1.82, 2.24) is 0 Å². The Bertz CT molecular complexity index is 680. The molecule has 1 aliphatic rings. The zero-order chi connectivity index (χ0) is 14.0. The molecule has 1 aromatic carbocycles. The quantitative estimate of drug-likeness (QED) is 0.861. The topological polar surface area (TPSA) is 82.8 Å². The van der Waals surface area contributed by atoms with E-state index in [0.29, 0.717) is 15.6 Å². The van der Waals surface area contributed by atoms with Gasteiger partial charge < -0.3 is 10.5 Å². The average Bonchev–Trinajstić information content (AvgIpc) is 2.38. The van der Waals surface area contributed by atoms with Gasteiger partial charge in [-0.3, -0.25) is 0 Å². The first-order valence-corrected chi connectivity index (χ1v) is 5.95. The summed E-state index contributed by atoms with van der Waals surface area (Å²) < 4.78 is 4.98. The summed E-state index contributed by atoms with van der Waals surface area (Å²) in [6.07, 6.45) is 1.23. The van der Waals surface area contributed by atoms with Gasteiger partial charge in [-0.15, -0.1) is 0 Å². The summed E-state index contributed by atoms with van der Waals surface area (Å²) in [6.45, 7) is 0. The van der Waals surface area contributed by atoms with Crippen LogP contribution in [0.25, 0.3) is 0 Å². The van der Waals surface area contributed by atoms with Crippen LogP contribution in [0, 0.1) is 22.7 Å². The van der Waals surface area contributed by atoms with Gasteiger partial charge in [0, 0.05) is 10.0 Å². The molecule has 0 saturated heterocycles. The lowest BCUT2D eigenvalue weighted by Gasteiger charge is -2.22. The fourth-order valence-corrected chi connectivity index (χ4v) is 2.34. The summed E-state index contributed by atoms with van der Waals surface area (Å²) in [5.41, 5.74) is 6.63. The van der Waals surface area contributed by atoms with E-state index in [9.17, 15) is 5.26 Å². The Balaban J connectivity index is 2.62. The number of nitrogens with zero attached hydrogens (tertiary/aromatic N) is 2. The van der Waals surface area contributed by atoms with E-state index in [1.54, 1.807) is 18.2 Å². The summed E-state index contributed by atoms with van der Waals surface area (Å²) in [6, 6.07) is 8.79. The van der Waals surface area contributed by atoms with E-state index in [2.05, 4.69) is 0 Å². The molecule has 19 heavy (non-hydrogen) atoms. The molecule has 0 bridgehead atoms. The minimum Gasteiger partial charge on any atom is -0.447 e. The van der Waals surface area contributed by atoms with Crippen LogP contribution in [0.3, 0.4) is 0 Å². The monoisotopic (exact) mass is 291 g/mol. The number of nitriles is 2. The van der Waals surface area contributed by atoms with Crippen molar-refractivity contribution in [3.05, 3.63) is 57.1 Å². The molecule has 0 amide bonds. The SMILES string of the molecule is N#CC1=COC(N)=C(C#N)C1c1ccc(Cl)cc1Cl. The van der Waals surface area contributed by atoms with Gasteiger partial charge in [0.05, 0.1) is 17.6 Å². The molecule has 94 valence electrons. The molecule has 6 heteroatoms. The van der Waals surface area contributed by atoms with Crippen LogP contribution in [0.4, 0.5) is 0 Å². The molecule has 0 spiro atoms. The van der Waals surface area contributed by atoms with E-state index >= 15 is 0 Å². The van der Waals surface area contributed by atoms with Crippen LogP contribution in [-0.2, 0) is 4.74 Å². The number of ether oxygens (including phenoxy) is 1. The maximum atomic E-state index is 9.18. The smallest absolute Gasteiger partial charge is 0.204 e. The van der Waals surface area contributed by atoms with Crippen molar-refractivity contribution in [3.8, 4) is 12.1 Å². The van der Waals surface area contributed by atoms with Gasteiger partial charge >= 0.3 is 0 Å². The molecule has 2 N–H and O–H groups in total. The van der Waals surface area contributed by atoms with E-state index in [1.165, 1.54) is 6.26 Å². The fraction of sp³-hybridized carbons (Fsp3) is 0.0769. The van der Waals surface area contributed by atoms with Crippen molar-refractivity contribution in [2.24, 2.45) is 5.73 Å². The van der Waals surface area contributed by atoms with Gasteiger partial charge in [0.15, 0.2) is 0 Å². The Morgan fingerprint density at radius 3 is 2.53 bits per heavy atom. The first-order chi connectivity index (χ1) is 9.08.